The molecule has 2 fully saturated rings. The largest absolute Gasteiger partial charge is 0.390 e. The molecule has 0 saturated carbocycles. The second-order valence-electron chi connectivity index (χ2n) is 7.15. The third-order valence-corrected chi connectivity index (χ3v) is 5.23. The van der Waals surface area contributed by atoms with Crippen LogP contribution in [0.25, 0.3) is 0 Å². The number of aliphatic hydroxyl groups is 1. The van der Waals surface area contributed by atoms with Crippen LogP contribution in [0.2, 0.25) is 0 Å². The quantitative estimate of drug-likeness (QED) is 0.475. The van der Waals surface area contributed by atoms with Gasteiger partial charge in [-0.1, -0.05) is 19.8 Å². The van der Waals surface area contributed by atoms with Gasteiger partial charge >= 0.3 is 0 Å². The average Bonchev–Trinajstić information content (AvgIpc) is 3.18. The van der Waals surface area contributed by atoms with E-state index in [1.54, 1.807) is 13.8 Å². The predicted molar refractivity (Wildman–Crippen MR) is 79.4 cm³/mol. The van der Waals surface area contributed by atoms with E-state index in [1.807, 2.05) is 0 Å². The van der Waals surface area contributed by atoms with Crippen molar-refractivity contribution in [1.29, 1.82) is 0 Å². The van der Waals surface area contributed by atoms with Gasteiger partial charge in [-0.15, -0.1) is 0 Å². The molecule has 0 unspecified atom stereocenters. The molecule has 1 N–H and O–H groups in total. The first-order valence-electron chi connectivity index (χ1n) is 8.13. The molecule has 3 rings (SSSR count). The van der Waals surface area contributed by atoms with Crippen LogP contribution < -0.4 is 0 Å². The molecule has 5 nitrogen and oxygen atoms in total. The molecule has 0 radical (unpaired) electrons. The van der Waals surface area contributed by atoms with Gasteiger partial charge < -0.3 is 14.6 Å². The Bertz CT molecular complexity index is 535. The number of hydrogen-bond donors (Lipinski definition) is 1. The van der Waals surface area contributed by atoms with Crippen LogP contribution in [0.15, 0.2) is 11.1 Å². The Kier molecular flexibility index (Phi) is 3.78. The number of ketones is 1. The first kappa shape index (κ1) is 15.8. The molecule has 5 heteroatoms. The van der Waals surface area contributed by atoms with Crippen LogP contribution in [0.4, 0.5) is 0 Å². The second kappa shape index (κ2) is 5.25. The van der Waals surface area contributed by atoms with Crippen molar-refractivity contribution in [2.75, 3.05) is 0 Å². The summed E-state index contributed by atoms with van der Waals surface area (Å²) in [5, 5.41) is 10.2. The van der Waals surface area contributed by atoms with Gasteiger partial charge in [0.05, 0.1) is 11.7 Å². The zero-order valence-corrected chi connectivity index (χ0v) is 13.4. The van der Waals surface area contributed by atoms with Crippen LogP contribution in [-0.2, 0) is 19.1 Å². The summed E-state index contributed by atoms with van der Waals surface area (Å²) < 4.78 is 11.7. The van der Waals surface area contributed by atoms with Crippen LogP contribution in [0.1, 0.15) is 52.9 Å². The number of aldehydes is 1. The van der Waals surface area contributed by atoms with Gasteiger partial charge in [0.2, 0.25) is 0 Å². The number of aliphatic hydroxyl groups excluding tert-OH is 1. The van der Waals surface area contributed by atoms with E-state index in [-0.39, 0.29) is 5.78 Å². The summed E-state index contributed by atoms with van der Waals surface area (Å²) in [6, 6.07) is 0. The maximum absolute atomic E-state index is 12.6. The fourth-order valence-corrected chi connectivity index (χ4v) is 3.69. The summed E-state index contributed by atoms with van der Waals surface area (Å²) in [7, 11) is 0. The number of carbonyl (C=O) groups is 2. The molecule has 3 aliphatic rings. The van der Waals surface area contributed by atoms with Gasteiger partial charge in [0.25, 0.3) is 0 Å². The molecule has 2 aliphatic heterocycles. The molecule has 2 heterocycles. The number of hydrogen-bond acceptors (Lipinski definition) is 5. The summed E-state index contributed by atoms with van der Waals surface area (Å²) >= 11 is 0. The third kappa shape index (κ3) is 2.18. The molecule has 0 aromatic heterocycles. The highest BCUT2D eigenvalue weighted by atomic mass is 16.7. The number of epoxide rings is 1. The number of unbranched alkanes of at least 4 members (excludes halogenated alkanes) is 2. The number of rotatable bonds is 5. The summed E-state index contributed by atoms with van der Waals surface area (Å²) in [5.74, 6) is -0.0926. The topological polar surface area (TPSA) is 76.1 Å². The van der Waals surface area contributed by atoms with Crippen molar-refractivity contribution < 1.29 is 24.2 Å². The minimum absolute atomic E-state index is 0.0926. The highest BCUT2D eigenvalue weighted by molar-refractivity contribution is 6.08. The zero-order valence-electron chi connectivity index (χ0n) is 13.4. The molecule has 0 aromatic carbocycles. The molecule has 4 atom stereocenters. The van der Waals surface area contributed by atoms with E-state index in [2.05, 4.69) is 6.92 Å². The lowest BCUT2D eigenvalue weighted by Gasteiger charge is -2.45. The van der Waals surface area contributed by atoms with Crippen molar-refractivity contribution in [2.45, 2.75) is 82.4 Å². The Morgan fingerprint density at radius 2 is 2.00 bits per heavy atom. The maximum Gasteiger partial charge on any atom is 0.191 e. The molecule has 0 aromatic rings. The van der Waals surface area contributed by atoms with E-state index in [0.717, 1.165) is 25.5 Å². The molecular weight excluding hydrogens is 284 g/mol. The van der Waals surface area contributed by atoms with Gasteiger partial charge in [-0.3, -0.25) is 9.59 Å². The van der Waals surface area contributed by atoms with E-state index in [9.17, 15) is 14.7 Å². The molecule has 122 valence electrons. The minimum atomic E-state index is -0.823. The molecule has 0 bridgehead atoms. The Hall–Kier alpha value is -1.04. The Morgan fingerprint density at radius 1 is 1.27 bits per heavy atom. The maximum atomic E-state index is 12.6. The van der Waals surface area contributed by atoms with Crippen LogP contribution >= 0.6 is 0 Å². The number of carbonyl (C=O) groups excluding carboxylic acids is 2. The van der Waals surface area contributed by atoms with Gasteiger partial charge in [-0.25, -0.2) is 0 Å². The highest BCUT2D eigenvalue weighted by Crippen LogP contribution is 2.56. The first-order valence-corrected chi connectivity index (χ1v) is 8.13. The van der Waals surface area contributed by atoms with Crippen LogP contribution in [-0.4, -0.2) is 46.7 Å². The van der Waals surface area contributed by atoms with Gasteiger partial charge in [0.1, 0.15) is 18.0 Å². The monoisotopic (exact) mass is 308 g/mol. The van der Waals surface area contributed by atoms with Crippen LogP contribution in [0, 0.1) is 0 Å². The highest BCUT2D eigenvalue weighted by Gasteiger charge is 2.73. The van der Waals surface area contributed by atoms with Crippen molar-refractivity contribution in [3.63, 3.8) is 0 Å². The van der Waals surface area contributed by atoms with Crippen molar-refractivity contribution >= 4 is 12.1 Å². The van der Waals surface area contributed by atoms with E-state index in [0.29, 0.717) is 24.0 Å². The van der Waals surface area contributed by atoms with E-state index in [1.165, 1.54) is 0 Å². The van der Waals surface area contributed by atoms with Gasteiger partial charge in [0.15, 0.2) is 11.9 Å². The van der Waals surface area contributed by atoms with Crippen LogP contribution in [0.5, 0.6) is 0 Å². The molecule has 0 amide bonds. The molecule has 2 saturated heterocycles. The summed E-state index contributed by atoms with van der Waals surface area (Å²) in [6.45, 7) is 5.70. The fraction of sp³-hybridized carbons (Fsp3) is 0.765. The third-order valence-electron chi connectivity index (χ3n) is 5.23. The number of ether oxygens (including phenoxy) is 2. The van der Waals surface area contributed by atoms with E-state index >= 15 is 0 Å². The SMILES string of the molecule is CCCCCC1=C(C=O)[C@@H]2OC(C)(C)[C@H](O)C[C@]23O[C@@H]3C1=O. The van der Waals surface area contributed by atoms with Crippen molar-refractivity contribution in [2.24, 2.45) is 0 Å². The smallest absolute Gasteiger partial charge is 0.191 e. The lowest BCUT2D eigenvalue weighted by Crippen LogP contribution is -2.58. The Balaban J connectivity index is 1.94. The predicted octanol–water partition coefficient (Wildman–Crippen LogP) is 1.71. The standard InChI is InChI=1S/C17H24O5/c1-4-5-6-7-10-11(9-18)14-17(15(22-17)13(10)20)8-12(19)16(2,3)21-14/h9,12,14-15,19H,4-8H2,1-3H3/t12-,14+,15-,17+/m1/s1. The lowest BCUT2D eigenvalue weighted by atomic mass is 9.73. The van der Waals surface area contributed by atoms with E-state index < -0.39 is 29.5 Å². The Morgan fingerprint density at radius 3 is 2.64 bits per heavy atom. The first-order chi connectivity index (χ1) is 10.4. The van der Waals surface area contributed by atoms with Crippen molar-refractivity contribution in [1.82, 2.24) is 0 Å². The fourth-order valence-electron chi connectivity index (χ4n) is 3.69. The molecule has 1 aliphatic carbocycles. The van der Waals surface area contributed by atoms with Gasteiger partial charge in [-0.05, 0) is 26.7 Å². The zero-order chi connectivity index (χ0) is 16.1. The Labute approximate surface area is 130 Å². The number of Topliss-reactive ketones (excluding diaryl/α,β-unsaturated/α-hetero) is 1. The van der Waals surface area contributed by atoms with E-state index in [4.69, 9.17) is 9.47 Å². The summed E-state index contributed by atoms with van der Waals surface area (Å²) in [5.41, 5.74) is -0.583. The summed E-state index contributed by atoms with van der Waals surface area (Å²) in [4.78, 5) is 24.2. The second-order valence-corrected chi connectivity index (χ2v) is 7.15. The normalized spacial score (nSPS) is 39.3. The van der Waals surface area contributed by atoms with Crippen molar-refractivity contribution in [3.8, 4) is 0 Å². The average molecular weight is 308 g/mol. The molecular formula is C17H24O5. The van der Waals surface area contributed by atoms with Crippen LogP contribution in [0.3, 0.4) is 0 Å². The molecule has 22 heavy (non-hydrogen) atoms. The summed E-state index contributed by atoms with van der Waals surface area (Å²) in [6.07, 6.45) is 2.84. The molecule has 1 spiro atoms. The lowest BCUT2D eigenvalue weighted by molar-refractivity contribution is -0.188. The van der Waals surface area contributed by atoms with Gasteiger partial charge in [-0.2, -0.15) is 0 Å². The van der Waals surface area contributed by atoms with Crippen molar-refractivity contribution in [3.05, 3.63) is 11.1 Å². The minimum Gasteiger partial charge on any atom is -0.390 e. The van der Waals surface area contributed by atoms with Gasteiger partial charge in [0, 0.05) is 17.6 Å².